The van der Waals surface area contributed by atoms with Crippen LogP contribution in [0.25, 0.3) is 0 Å². The Kier molecular flexibility index (Phi) is 10.4. The fourth-order valence-corrected chi connectivity index (χ4v) is 4.39. The van der Waals surface area contributed by atoms with Crippen LogP contribution in [0.1, 0.15) is 62.8 Å². The summed E-state index contributed by atoms with van der Waals surface area (Å²) in [4.78, 5) is 0. The fourth-order valence-electron chi connectivity index (χ4n) is 4.39. The van der Waals surface area contributed by atoms with Crippen LogP contribution < -0.4 is 28.4 Å². The molecule has 0 saturated heterocycles. The first-order valence-electron chi connectivity index (χ1n) is 13.1. The van der Waals surface area contributed by atoms with Gasteiger partial charge in [-0.15, -0.1) is 0 Å². The first kappa shape index (κ1) is 28.8. The van der Waals surface area contributed by atoms with E-state index in [1.165, 1.54) is 12.7 Å². The van der Waals surface area contributed by atoms with Gasteiger partial charge in [-0.05, 0) is 72.4 Å². The van der Waals surface area contributed by atoms with Crippen molar-refractivity contribution < 1.29 is 33.5 Å². The maximum atomic E-state index is 10.8. The molecule has 206 valence electrons. The minimum atomic E-state index is -0.292. The molecule has 3 aromatic carbocycles. The Labute approximate surface area is 226 Å². The lowest BCUT2D eigenvalue weighted by Crippen LogP contribution is -2.09. The van der Waals surface area contributed by atoms with Gasteiger partial charge in [0.2, 0.25) is 11.5 Å². The first-order chi connectivity index (χ1) is 18.4. The standard InChI is InChI=1S/C31H40O7/c1-8-11-20-13-14-24(25(15-20)33-4)37-23(10-3)22-18-28(35-6)31(29(19-22)36-7)38-27-17-21(12-9-2)16-26(34-5)30(27)32/h13-19,23,32H,8-12H2,1-7H3. The summed E-state index contributed by atoms with van der Waals surface area (Å²) in [5.74, 6) is 3.13. The van der Waals surface area contributed by atoms with E-state index in [1.54, 1.807) is 27.4 Å². The number of aromatic hydroxyl groups is 1. The summed E-state index contributed by atoms with van der Waals surface area (Å²) < 4.78 is 35.0. The van der Waals surface area contributed by atoms with E-state index >= 15 is 0 Å². The van der Waals surface area contributed by atoms with E-state index in [1.807, 2.05) is 30.3 Å². The number of rotatable bonds is 14. The Morgan fingerprint density at radius 3 is 1.74 bits per heavy atom. The monoisotopic (exact) mass is 524 g/mol. The molecule has 1 atom stereocenters. The number of phenols is 1. The van der Waals surface area contributed by atoms with Gasteiger partial charge in [-0.2, -0.15) is 0 Å². The zero-order chi connectivity index (χ0) is 27.7. The van der Waals surface area contributed by atoms with Gasteiger partial charge in [0.05, 0.1) is 28.4 Å². The lowest BCUT2D eigenvalue weighted by atomic mass is 10.0. The third kappa shape index (κ3) is 6.57. The molecule has 0 aliphatic carbocycles. The maximum absolute atomic E-state index is 10.8. The molecule has 0 radical (unpaired) electrons. The van der Waals surface area contributed by atoms with Crippen molar-refractivity contribution in [3.8, 4) is 46.0 Å². The highest BCUT2D eigenvalue weighted by molar-refractivity contribution is 5.60. The molecule has 3 aromatic rings. The van der Waals surface area contributed by atoms with Crippen LogP contribution in [0.4, 0.5) is 0 Å². The summed E-state index contributed by atoms with van der Waals surface area (Å²) in [6, 6.07) is 13.4. The van der Waals surface area contributed by atoms with Crippen LogP contribution in [0, 0.1) is 0 Å². The Balaban J connectivity index is 1.99. The molecule has 1 unspecified atom stereocenters. The zero-order valence-corrected chi connectivity index (χ0v) is 23.6. The molecule has 0 aliphatic rings. The molecule has 0 aromatic heterocycles. The lowest BCUT2D eigenvalue weighted by Gasteiger charge is -2.23. The van der Waals surface area contributed by atoms with Gasteiger partial charge in [-0.3, -0.25) is 0 Å². The Hall–Kier alpha value is -3.74. The van der Waals surface area contributed by atoms with Gasteiger partial charge < -0.3 is 33.5 Å². The van der Waals surface area contributed by atoms with E-state index in [0.29, 0.717) is 40.9 Å². The number of ether oxygens (including phenoxy) is 6. The molecule has 0 amide bonds. The van der Waals surface area contributed by atoms with Crippen LogP contribution in [0.5, 0.6) is 46.0 Å². The normalized spacial score (nSPS) is 11.6. The van der Waals surface area contributed by atoms with Gasteiger partial charge in [0, 0.05) is 0 Å². The molecule has 3 rings (SSSR count). The number of aryl methyl sites for hydroxylation is 2. The largest absolute Gasteiger partial charge is 0.502 e. The first-order valence-corrected chi connectivity index (χ1v) is 13.1. The number of phenolic OH excluding ortho intramolecular Hbond substituents is 1. The van der Waals surface area contributed by atoms with Crippen molar-refractivity contribution in [1.82, 2.24) is 0 Å². The van der Waals surface area contributed by atoms with Crippen molar-refractivity contribution in [1.29, 1.82) is 0 Å². The molecule has 7 heteroatoms. The van der Waals surface area contributed by atoms with Crippen LogP contribution in [0.3, 0.4) is 0 Å². The van der Waals surface area contributed by atoms with E-state index in [4.69, 9.17) is 28.4 Å². The highest BCUT2D eigenvalue weighted by Crippen LogP contribution is 2.47. The average Bonchev–Trinajstić information content (AvgIpc) is 2.94. The number of hydrogen-bond acceptors (Lipinski definition) is 7. The van der Waals surface area contributed by atoms with Gasteiger partial charge in [0.15, 0.2) is 34.5 Å². The van der Waals surface area contributed by atoms with Gasteiger partial charge >= 0.3 is 0 Å². The summed E-state index contributed by atoms with van der Waals surface area (Å²) >= 11 is 0. The molecule has 0 bridgehead atoms. The van der Waals surface area contributed by atoms with Crippen LogP contribution in [0.2, 0.25) is 0 Å². The predicted molar refractivity (Wildman–Crippen MR) is 149 cm³/mol. The molecule has 0 saturated carbocycles. The van der Waals surface area contributed by atoms with Crippen molar-refractivity contribution in [2.24, 2.45) is 0 Å². The van der Waals surface area contributed by atoms with Gasteiger partial charge in [0.25, 0.3) is 0 Å². The summed E-state index contributed by atoms with van der Waals surface area (Å²) in [7, 11) is 6.30. The Morgan fingerprint density at radius 2 is 1.18 bits per heavy atom. The predicted octanol–water partition coefficient (Wildman–Crippen LogP) is 7.65. The quantitative estimate of drug-likeness (QED) is 0.232. The summed E-state index contributed by atoms with van der Waals surface area (Å²) in [6.45, 7) is 6.29. The van der Waals surface area contributed by atoms with Crippen LogP contribution in [-0.4, -0.2) is 33.5 Å². The molecular formula is C31H40O7. The molecule has 0 fully saturated rings. The highest BCUT2D eigenvalue weighted by Gasteiger charge is 2.23. The molecule has 38 heavy (non-hydrogen) atoms. The molecule has 0 aliphatic heterocycles. The van der Waals surface area contributed by atoms with E-state index in [2.05, 4.69) is 26.8 Å². The van der Waals surface area contributed by atoms with Gasteiger partial charge in [0.1, 0.15) is 6.10 Å². The summed E-state index contributed by atoms with van der Waals surface area (Å²) in [5, 5.41) is 10.8. The minimum absolute atomic E-state index is 0.0890. The molecule has 1 N–H and O–H groups in total. The average molecular weight is 525 g/mol. The van der Waals surface area contributed by atoms with Crippen LogP contribution in [-0.2, 0) is 12.8 Å². The topological polar surface area (TPSA) is 75.6 Å². The smallest absolute Gasteiger partial charge is 0.211 e. The molecule has 0 heterocycles. The van der Waals surface area contributed by atoms with Crippen LogP contribution >= 0.6 is 0 Å². The van der Waals surface area contributed by atoms with E-state index in [9.17, 15) is 5.11 Å². The molecular weight excluding hydrogens is 484 g/mol. The van der Waals surface area contributed by atoms with Crippen molar-refractivity contribution in [3.05, 3.63) is 59.2 Å². The lowest BCUT2D eigenvalue weighted by molar-refractivity contribution is 0.191. The fraction of sp³-hybridized carbons (Fsp3) is 0.419. The SMILES string of the molecule is CCCc1ccc(OC(CC)c2cc(OC)c(Oc3cc(CCC)cc(OC)c3O)c(OC)c2)c(OC)c1. The number of methoxy groups -OCH3 is 4. The van der Waals surface area contributed by atoms with E-state index in [-0.39, 0.29) is 17.6 Å². The maximum Gasteiger partial charge on any atom is 0.211 e. The third-order valence-corrected chi connectivity index (χ3v) is 6.33. The Morgan fingerprint density at radius 1 is 0.632 bits per heavy atom. The van der Waals surface area contributed by atoms with E-state index < -0.39 is 0 Å². The van der Waals surface area contributed by atoms with E-state index in [0.717, 1.165) is 36.8 Å². The van der Waals surface area contributed by atoms with Gasteiger partial charge in [-0.25, -0.2) is 0 Å². The van der Waals surface area contributed by atoms with Crippen molar-refractivity contribution in [2.75, 3.05) is 28.4 Å². The summed E-state index contributed by atoms with van der Waals surface area (Å²) in [5.41, 5.74) is 3.05. The van der Waals surface area contributed by atoms with Crippen molar-refractivity contribution >= 4 is 0 Å². The van der Waals surface area contributed by atoms with Crippen molar-refractivity contribution in [2.45, 2.75) is 59.0 Å². The van der Waals surface area contributed by atoms with Crippen LogP contribution in [0.15, 0.2) is 42.5 Å². The second kappa shape index (κ2) is 13.7. The second-order valence-electron chi connectivity index (χ2n) is 9.00. The zero-order valence-electron chi connectivity index (χ0n) is 23.6. The number of benzene rings is 3. The highest BCUT2D eigenvalue weighted by atomic mass is 16.5. The second-order valence-corrected chi connectivity index (χ2v) is 9.00. The Bertz CT molecular complexity index is 1180. The molecule has 7 nitrogen and oxygen atoms in total. The van der Waals surface area contributed by atoms with Gasteiger partial charge in [-0.1, -0.05) is 39.7 Å². The number of hydrogen-bond donors (Lipinski definition) is 1. The third-order valence-electron chi connectivity index (χ3n) is 6.33. The minimum Gasteiger partial charge on any atom is -0.502 e. The van der Waals surface area contributed by atoms with Crippen molar-refractivity contribution in [3.63, 3.8) is 0 Å². The molecule has 0 spiro atoms. The summed E-state index contributed by atoms with van der Waals surface area (Å²) in [6.07, 6.45) is 4.20.